The highest BCUT2D eigenvalue weighted by Gasteiger charge is 2.20. The molecule has 0 bridgehead atoms. The summed E-state index contributed by atoms with van der Waals surface area (Å²) in [7, 11) is 0. The van der Waals surface area contributed by atoms with Gasteiger partial charge < -0.3 is 5.32 Å². The standard InChI is InChI=1S/C18H27N3O2/c22-21(23)18-13-15(14-20-11-5-2-6-12-20)9-10-17(18)19-16-7-3-1-4-8-16/h9-10,13,16,19H,1-8,11-12,14H2. The van der Waals surface area contributed by atoms with Gasteiger partial charge in [0.15, 0.2) is 0 Å². The molecule has 0 aromatic heterocycles. The molecule has 1 aliphatic carbocycles. The summed E-state index contributed by atoms with van der Waals surface area (Å²) in [4.78, 5) is 13.6. The number of hydrogen-bond acceptors (Lipinski definition) is 4. The van der Waals surface area contributed by atoms with Crippen LogP contribution in [0, 0.1) is 10.1 Å². The maximum absolute atomic E-state index is 11.5. The third-order valence-corrected chi connectivity index (χ3v) is 5.08. The topological polar surface area (TPSA) is 58.4 Å². The third-order valence-electron chi connectivity index (χ3n) is 5.08. The fraction of sp³-hybridized carbons (Fsp3) is 0.667. The number of rotatable bonds is 5. The van der Waals surface area contributed by atoms with Gasteiger partial charge in [-0.15, -0.1) is 0 Å². The van der Waals surface area contributed by atoms with Crippen LogP contribution in [0.2, 0.25) is 0 Å². The molecule has 23 heavy (non-hydrogen) atoms. The van der Waals surface area contributed by atoms with Crippen LogP contribution in [0.15, 0.2) is 18.2 Å². The van der Waals surface area contributed by atoms with E-state index >= 15 is 0 Å². The summed E-state index contributed by atoms with van der Waals surface area (Å²) >= 11 is 0. The molecule has 1 aromatic carbocycles. The minimum Gasteiger partial charge on any atom is -0.377 e. The first-order valence-electron chi connectivity index (χ1n) is 8.98. The summed E-state index contributed by atoms with van der Waals surface area (Å²) in [5.41, 5.74) is 1.96. The van der Waals surface area contributed by atoms with Crippen molar-refractivity contribution < 1.29 is 4.92 Å². The van der Waals surface area contributed by atoms with Crippen LogP contribution in [0.25, 0.3) is 0 Å². The second kappa shape index (κ2) is 7.77. The highest BCUT2D eigenvalue weighted by atomic mass is 16.6. The monoisotopic (exact) mass is 317 g/mol. The number of nitro benzene ring substituents is 1. The zero-order chi connectivity index (χ0) is 16.1. The van der Waals surface area contributed by atoms with Crippen LogP contribution in [-0.2, 0) is 6.54 Å². The highest BCUT2D eigenvalue weighted by Crippen LogP contribution is 2.30. The van der Waals surface area contributed by atoms with Gasteiger partial charge in [-0.1, -0.05) is 31.7 Å². The molecule has 5 nitrogen and oxygen atoms in total. The van der Waals surface area contributed by atoms with Gasteiger partial charge in [0.1, 0.15) is 5.69 Å². The molecule has 0 amide bonds. The van der Waals surface area contributed by atoms with E-state index in [9.17, 15) is 10.1 Å². The number of nitrogens with one attached hydrogen (secondary N) is 1. The van der Waals surface area contributed by atoms with Crippen LogP contribution < -0.4 is 5.32 Å². The van der Waals surface area contributed by atoms with Crippen LogP contribution in [-0.4, -0.2) is 29.0 Å². The van der Waals surface area contributed by atoms with Crippen LogP contribution in [0.5, 0.6) is 0 Å². The van der Waals surface area contributed by atoms with Crippen molar-refractivity contribution in [1.29, 1.82) is 0 Å². The predicted molar refractivity (Wildman–Crippen MR) is 92.7 cm³/mol. The third kappa shape index (κ3) is 4.44. The van der Waals surface area contributed by atoms with Gasteiger partial charge in [-0.3, -0.25) is 15.0 Å². The summed E-state index contributed by atoms with van der Waals surface area (Å²) in [6, 6.07) is 6.11. The molecule has 0 radical (unpaired) electrons. The Morgan fingerprint density at radius 2 is 1.78 bits per heavy atom. The van der Waals surface area contributed by atoms with Crippen molar-refractivity contribution in [3.8, 4) is 0 Å². The van der Waals surface area contributed by atoms with Crippen molar-refractivity contribution in [2.24, 2.45) is 0 Å². The summed E-state index contributed by atoms with van der Waals surface area (Å²) in [5, 5.41) is 14.9. The lowest BCUT2D eigenvalue weighted by atomic mass is 9.95. The van der Waals surface area contributed by atoms with Gasteiger partial charge in [0.25, 0.3) is 5.69 Å². The van der Waals surface area contributed by atoms with E-state index in [-0.39, 0.29) is 10.6 Å². The van der Waals surface area contributed by atoms with Crippen LogP contribution in [0.1, 0.15) is 56.9 Å². The number of piperidine rings is 1. The quantitative estimate of drug-likeness (QED) is 0.649. The molecule has 2 fully saturated rings. The summed E-state index contributed by atoms with van der Waals surface area (Å²) in [5.74, 6) is 0. The van der Waals surface area contributed by atoms with E-state index in [0.29, 0.717) is 11.7 Å². The maximum atomic E-state index is 11.5. The minimum absolute atomic E-state index is 0.227. The lowest BCUT2D eigenvalue weighted by Gasteiger charge is -2.27. The Hall–Kier alpha value is -1.62. The molecule has 126 valence electrons. The molecular formula is C18H27N3O2. The summed E-state index contributed by atoms with van der Waals surface area (Å²) in [6.07, 6.45) is 9.75. The molecule has 1 aliphatic heterocycles. The SMILES string of the molecule is O=[N+]([O-])c1cc(CN2CCCCC2)ccc1NC1CCCCC1. The Labute approximate surface area is 138 Å². The highest BCUT2D eigenvalue weighted by molar-refractivity contribution is 5.63. The normalized spacial score (nSPS) is 20.3. The van der Waals surface area contributed by atoms with Gasteiger partial charge in [0.05, 0.1) is 4.92 Å². The van der Waals surface area contributed by atoms with Crippen molar-refractivity contribution in [1.82, 2.24) is 4.90 Å². The number of nitro groups is 1. The Balaban J connectivity index is 1.70. The maximum Gasteiger partial charge on any atom is 0.292 e. The van der Waals surface area contributed by atoms with Gasteiger partial charge in [0.2, 0.25) is 0 Å². The van der Waals surface area contributed by atoms with Crippen LogP contribution in [0.4, 0.5) is 11.4 Å². The first-order chi connectivity index (χ1) is 11.2. The molecule has 1 N–H and O–H groups in total. The summed E-state index contributed by atoms with van der Waals surface area (Å²) in [6.45, 7) is 3.04. The largest absolute Gasteiger partial charge is 0.377 e. The minimum atomic E-state index is -0.245. The van der Waals surface area contributed by atoms with E-state index in [1.54, 1.807) is 6.07 Å². The van der Waals surface area contributed by atoms with Gasteiger partial charge in [-0.05, 0) is 50.4 Å². The number of likely N-dealkylation sites (tertiary alicyclic amines) is 1. The molecule has 0 unspecified atom stereocenters. The number of benzene rings is 1. The second-order valence-corrected chi connectivity index (χ2v) is 6.92. The first kappa shape index (κ1) is 16.2. The van der Waals surface area contributed by atoms with Gasteiger partial charge >= 0.3 is 0 Å². The van der Waals surface area contributed by atoms with Crippen LogP contribution >= 0.6 is 0 Å². The lowest BCUT2D eigenvalue weighted by Crippen LogP contribution is -2.29. The Bertz CT molecular complexity index is 535. The van der Waals surface area contributed by atoms with Crippen molar-refractivity contribution >= 4 is 11.4 Å². The predicted octanol–water partition coefficient (Wildman–Crippen LogP) is 4.33. The summed E-state index contributed by atoms with van der Waals surface area (Å²) < 4.78 is 0. The van der Waals surface area contributed by atoms with Crippen molar-refractivity contribution in [2.45, 2.75) is 64.0 Å². The molecular weight excluding hydrogens is 290 g/mol. The van der Waals surface area contributed by atoms with Crippen LogP contribution in [0.3, 0.4) is 0 Å². The Morgan fingerprint density at radius 1 is 1.09 bits per heavy atom. The van der Waals surface area contributed by atoms with Crippen molar-refractivity contribution in [2.75, 3.05) is 18.4 Å². The van der Waals surface area contributed by atoms with E-state index in [2.05, 4.69) is 10.2 Å². The van der Waals surface area contributed by atoms with Crippen molar-refractivity contribution in [3.63, 3.8) is 0 Å². The fourth-order valence-corrected chi connectivity index (χ4v) is 3.79. The molecule has 1 heterocycles. The average molecular weight is 317 g/mol. The molecule has 5 heteroatoms. The van der Waals surface area contributed by atoms with Gasteiger partial charge in [0, 0.05) is 18.7 Å². The Kier molecular flexibility index (Phi) is 5.49. The molecule has 0 spiro atoms. The fourth-order valence-electron chi connectivity index (χ4n) is 3.79. The number of anilines is 1. The average Bonchev–Trinajstić information content (AvgIpc) is 2.58. The van der Waals surface area contributed by atoms with E-state index in [4.69, 9.17) is 0 Å². The molecule has 0 atom stereocenters. The Morgan fingerprint density at radius 3 is 2.48 bits per heavy atom. The second-order valence-electron chi connectivity index (χ2n) is 6.92. The van der Waals surface area contributed by atoms with Gasteiger partial charge in [-0.2, -0.15) is 0 Å². The van der Waals surface area contributed by atoms with Gasteiger partial charge in [-0.25, -0.2) is 0 Å². The molecule has 2 aliphatic rings. The first-order valence-corrected chi connectivity index (χ1v) is 8.98. The van der Waals surface area contributed by atoms with E-state index in [1.807, 2.05) is 12.1 Å². The van der Waals surface area contributed by atoms with E-state index < -0.39 is 0 Å². The zero-order valence-electron chi connectivity index (χ0n) is 13.8. The zero-order valence-corrected chi connectivity index (χ0v) is 13.8. The number of hydrogen-bond donors (Lipinski definition) is 1. The molecule has 3 rings (SSSR count). The molecule has 1 saturated heterocycles. The van der Waals surface area contributed by atoms with E-state index in [0.717, 1.165) is 38.0 Å². The number of nitrogens with zero attached hydrogens (tertiary/aromatic N) is 2. The van der Waals surface area contributed by atoms with Crippen molar-refractivity contribution in [3.05, 3.63) is 33.9 Å². The van der Waals surface area contributed by atoms with E-state index in [1.165, 1.54) is 38.5 Å². The molecule has 1 aromatic rings. The lowest BCUT2D eigenvalue weighted by molar-refractivity contribution is -0.384. The molecule has 1 saturated carbocycles. The smallest absolute Gasteiger partial charge is 0.292 e.